The van der Waals surface area contributed by atoms with Crippen molar-refractivity contribution in [1.29, 1.82) is 0 Å². The molecule has 1 aliphatic rings. The topological polar surface area (TPSA) is 27.7 Å². The summed E-state index contributed by atoms with van der Waals surface area (Å²) in [5.41, 5.74) is 0. The summed E-state index contributed by atoms with van der Waals surface area (Å²) in [6, 6.07) is 0. The van der Waals surface area contributed by atoms with E-state index >= 15 is 0 Å². The summed E-state index contributed by atoms with van der Waals surface area (Å²) in [7, 11) is 3.05. The van der Waals surface area contributed by atoms with E-state index in [1.54, 1.807) is 21.3 Å². The molecule has 0 spiro atoms. The molecule has 1 rings (SSSR count). The predicted molar refractivity (Wildman–Crippen MR) is 42.0 cm³/mol. The van der Waals surface area contributed by atoms with Crippen molar-refractivity contribution in [3.63, 3.8) is 0 Å². The maximum atomic E-state index is 4.74. The fourth-order valence-electron chi connectivity index (χ4n) is 0.289. The molecule has 3 nitrogen and oxygen atoms in total. The van der Waals surface area contributed by atoms with Crippen LogP contribution in [0.25, 0.3) is 0 Å². The number of hydrogen-bond donors (Lipinski definition) is 0. The molecule has 0 aromatic heterocycles. The summed E-state index contributed by atoms with van der Waals surface area (Å²) in [5, 5.41) is 0. The minimum Gasteiger partial charge on any atom is -0.379 e. The molecule has 0 heterocycles. The van der Waals surface area contributed by atoms with Crippen LogP contribution < -0.4 is 0 Å². The van der Waals surface area contributed by atoms with Gasteiger partial charge in [-0.2, -0.15) is 0 Å². The van der Waals surface area contributed by atoms with Gasteiger partial charge in [0.15, 0.2) is 0 Å². The molecule has 10 heavy (non-hydrogen) atoms. The quantitative estimate of drug-likeness (QED) is 0.578. The third kappa shape index (κ3) is 8.10. The average Bonchev–Trinajstić information content (AvgIpc) is 2.76. The van der Waals surface area contributed by atoms with Gasteiger partial charge in [0.05, 0.1) is 0 Å². The van der Waals surface area contributed by atoms with Crippen LogP contribution in [-0.2, 0) is 13.3 Å². The normalized spacial score (nSPS) is 14.4. The molecule has 4 heteroatoms. The molecule has 1 aliphatic carbocycles. The van der Waals surface area contributed by atoms with Gasteiger partial charge in [0.2, 0.25) is 0 Å². The maximum absolute atomic E-state index is 4.74. The van der Waals surface area contributed by atoms with Crippen molar-refractivity contribution in [2.75, 3.05) is 21.3 Å². The number of rotatable bonds is 3. The first kappa shape index (κ1) is 10.1. The van der Waals surface area contributed by atoms with Gasteiger partial charge in [-0.15, -0.1) is 0 Å². The first-order valence-electron chi connectivity index (χ1n) is 3.43. The molecule has 0 aromatic carbocycles. The highest BCUT2D eigenvalue weighted by molar-refractivity contribution is 6.36. The molecular weight excluding hydrogens is 148 g/mol. The van der Waals surface area contributed by atoms with Crippen LogP contribution in [0, 0.1) is 0 Å². The Kier molecular flexibility index (Phi) is 7.28. The second-order valence-electron chi connectivity index (χ2n) is 2.06. The second kappa shape index (κ2) is 7.21. The first-order valence-corrected chi connectivity index (χ1v) is 4.85. The zero-order valence-electron chi connectivity index (χ0n) is 6.92. The Hall–Kier alpha value is 0.0969. The summed E-state index contributed by atoms with van der Waals surface area (Å²) in [4.78, 5) is 0. The minimum absolute atomic E-state index is 1.50. The van der Waals surface area contributed by atoms with Crippen LogP contribution in [0.2, 0.25) is 0 Å². The highest BCUT2D eigenvalue weighted by atomic mass is 28.3. The zero-order chi connectivity index (χ0) is 7.82. The van der Waals surface area contributed by atoms with Gasteiger partial charge in [0.1, 0.15) is 0 Å². The highest BCUT2D eigenvalue weighted by Crippen LogP contribution is 2.14. The summed E-state index contributed by atoms with van der Waals surface area (Å²) in [6.45, 7) is 0. The molecule has 1 saturated carbocycles. The van der Waals surface area contributed by atoms with E-state index in [0.717, 1.165) is 0 Å². The van der Waals surface area contributed by atoms with E-state index in [2.05, 4.69) is 0 Å². The molecule has 0 unspecified atom stereocenters. The number of hydrogen-bond acceptors (Lipinski definition) is 3. The molecule has 0 aliphatic heterocycles. The largest absolute Gasteiger partial charge is 0.483 e. The fourth-order valence-corrected chi connectivity index (χ4v) is 0.866. The van der Waals surface area contributed by atoms with Crippen molar-refractivity contribution >= 4 is 9.53 Å². The van der Waals surface area contributed by atoms with Crippen LogP contribution in [0.4, 0.5) is 0 Å². The van der Waals surface area contributed by atoms with Gasteiger partial charge in [-0.05, 0) is 0 Å². The van der Waals surface area contributed by atoms with Crippen LogP contribution in [0.3, 0.4) is 0 Å². The molecule has 0 atom stereocenters. The van der Waals surface area contributed by atoms with Crippen molar-refractivity contribution < 1.29 is 13.3 Å². The van der Waals surface area contributed by atoms with Crippen molar-refractivity contribution in [3.05, 3.63) is 0 Å². The van der Waals surface area contributed by atoms with Gasteiger partial charge in [-0.3, -0.25) is 0 Å². The van der Waals surface area contributed by atoms with Gasteiger partial charge in [-0.25, -0.2) is 0 Å². The third-order valence-electron chi connectivity index (χ3n) is 0.931. The molecule has 1 fully saturated rings. The monoisotopic (exact) mass is 164 g/mol. The first-order chi connectivity index (χ1) is 4.85. The molecule has 62 valence electrons. The van der Waals surface area contributed by atoms with E-state index in [-0.39, 0.29) is 0 Å². The highest BCUT2D eigenvalue weighted by Gasteiger charge is 2.04. The Morgan fingerprint density at radius 1 is 0.800 bits per heavy atom. The van der Waals surface area contributed by atoms with E-state index < -0.39 is 9.53 Å². The summed E-state index contributed by atoms with van der Waals surface area (Å²) < 4.78 is 14.2. The Labute approximate surface area is 64.3 Å². The molecule has 0 bridgehead atoms. The second-order valence-corrected chi connectivity index (χ2v) is 4.05. The lowest BCUT2D eigenvalue weighted by Gasteiger charge is -2.05. The Morgan fingerprint density at radius 2 is 1.10 bits per heavy atom. The standard InChI is InChI=1S/C3H10O3Si.C3H6/c1-4-7(5-2)6-3;1-2-3-1/h7H,1-3H3;1-3H2. The van der Waals surface area contributed by atoms with Gasteiger partial charge in [0.25, 0.3) is 0 Å². The molecular formula is C6H16O3Si. The lowest BCUT2D eigenvalue weighted by Crippen LogP contribution is -2.21. The smallest absolute Gasteiger partial charge is 0.379 e. The summed E-state index contributed by atoms with van der Waals surface area (Å²) in [5.74, 6) is 0. The molecule has 0 amide bonds. The van der Waals surface area contributed by atoms with Gasteiger partial charge >= 0.3 is 9.53 Å². The van der Waals surface area contributed by atoms with E-state index in [0.29, 0.717) is 0 Å². The molecule has 0 radical (unpaired) electrons. The van der Waals surface area contributed by atoms with Crippen LogP contribution in [0.15, 0.2) is 0 Å². The van der Waals surface area contributed by atoms with E-state index in [1.165, 1.54) is 19.3 Å². The lowest BCUT2D eigenvalue weighted by molar-refractivity contribution is 0.163. The van der Waals surface area contributed by atoms with Gasteiger partial charge < -0.3 is 13.3 Å². The van der Waals surface area contributed by atoms with Crippen molar-refractivity contribution in [2.45, 2.75) is 19.3 Å². The summed E-state index contributed by atoms with van der Waals surface area (Å²) >= 11 is 0. The molecule has 0 aromatic rings. The van der Waals surface area contributed by atoms with Crippen LogP contribution >= 0.6 is 0 Å². The average molecular weight is 164 g/mol. The van der Waals surface area contributed by atoms with E-state index in [1.807, 2.05) is 0 Å². The third-order valence-corrected chi connectivity index (χ3v) is 2.09. The predicted octanol–water partition coefficient (Wildman–Crippen LogP) is 0.813. The van der Waals surface area contributed by atoms with Gasteiger partial charge in [-0.1, -0.05) is 19.3 Å². The minimum atomic E-state index is -1.67. The van der Waals surface area contributed by atoms with Crippen LogP contribution in [-0.4, -0.2) is 30.9 Å². The zero-order valence-corrected chi connectivity index (χ0v) is 8.08. The van der Waals surface area contributed by atoms with E-state index in [9.17, 15) is 0 Å². The van der Waals surface area contributed by atoms with Crippen LogP contribution in [0.1, 0.15) is 19.3 Å². The Balaban J connectivity index is 0.000000219. The maximum Gasteiger partial charge on any atom is 0.483 e. The van der Waals surface area contributed by atoms with Gasteiger partial charge in [0, 0.05) is 21.3 Å². The molecule has 0 saturated heterocycles. The lowest BCUT2D eigenvalue weighted by atomic mass is 11.0. The van der Waals surface area contributed by atoms with Crippen LogP contribution in [0.5, 0.6) is 0 Å². The summed E-state index contributed by atoms with van der Waals surface area (Å²) in [6.07, 6.45) is 4.50. The molecule has 0 N–H and O–H groups in total. The van der Waals surface area contributed by atoms with Crippen molar-refractivity contribution in [3.8, 4) is 0 Å². The SMILES string of the molecule is C1CC1.CO[SiH](OC)OC. The fraction of sp³-hybridized carbons (Fsp3) is 1.00. The van der Waals surface area contributed by atoms with Crippen molar-refractivity contribution in [1.82, 2.24) is 0 Å². The Bertz CT molecular complexity index is 55.7. The van der Waals surface area contributed by atoms with E-state index in [4.69, 9.17) is 13.3 Å². The Morgan fingerprint density at radius 3 is 1.10 bits per heavy atom. The van der Waals surface area contributed by atoms with Crippen molar-refractivity contribution in [2.24, 2.45) is 0 Å².